The molecule has 0 saturated carbocycles. The van der Waals surface area contributed by atoms with Crippen molar-refractivity contribution in [2.75, 3.05) is 7.11 Å². The molecule has 1 heterocycles. The number of aryl methyl sites for hydroxylation is 1. The number of halogens is 1. The smallest absolute Gasteiger partial charge is 0.307 e. The van der Waals surface area contributed by atoms with E-state index >= 15 is 4.39 Å². The van der Waals surface area contributed by atoms with Crippen LogP contribution in [-0.4, -0.2) is 17.2 Å². The van der Waals surface area contributed by atoms with Crippen molar-refractivity contribution >= 4 is 11.3 Å². The average molecular weight is 456 g/mol. The number of ether oxygens (including phenoxy) is 1. The van der Waals surface area contributed by atoms with Gasteiger partial charge in [0.1, 0.15) is 11.6 Å². The minimum Gasteiger partial charge on any atom is -0.496 e. The molecule has 0 atom stereocenters. The summed E-state index contributed by atoms with van der Waals surface area (Å²) in [5.41, 5.74) is 5.29. The van der Waals surface area contributed by atoms with Crippen LogP contribution >= 0.6 is 11.3 Å². The first-order valence-electron chi connectivity index (χ1n) is 10.9. The summed E-state index contributed by atoms with van der Waals surface area (Å²) >= 11 is 0.892. The lowest BCUT2D eigenvalue weighted by atomic mass is 9.62. The minimum absolute atomic E-state index is 0.00224. The number of hydrogen-bond donors (Lipinski definition) is 2. The van der Waals surface area contributed by atoms with Gasteiger partial charge >= 0.3 is 4.87 Å². The summed E-state index contributed by atoms with van der Waals surface area (Å²) in [4.78, 5) is 14.0. The minimum atomic E-state index is -0.388. The Labute approximate surface area is 192 Å². The Morgan fingerprint density at radius 1 is 1.12 bits per heavy atom. The first-order valence-corrected chi connectivity index (χ1v) is 11.7. The molecule has 2 N–H and O–H groups in total. The maximum atomic E-state index is 15.9. The van der Waals surface area contributed by atoms with Crippen molar-refractivity contribution in [3.63, 3.8) is 0 Å². The van der Waals surface area contributed by atoms with Gasteiger partial charge in [-0.25, -0.2) is 4.39 Å². The van der Waals surface area contributed by atoms with E-state index in [2.05, 4.69) is 44.8 Å². The van der Waals surface area contributed by atoms with Crippen LogP contribution in [0.4, 0.5) is 4.39 Å². The van der Waals surface area contributed by atoms with Crippen molar-refractivity contribution in [1.82, 2.24) is 4.98 Å². The highest BCUT2D eigenvalue weighted by atomic mass is 32.1. The van der Waals surface area contributed by atoms with Crippen molar-refractivity contribution < 1.29 is 14.2 Å². The first-order chi connectivity index (χ1) is 14.9. The van der Waals surface area contributed by atoms with E-state index in [0.717, 1.165) is 35.3 Å². The number of rotatable bonds is 4. The second-order valence-corrected chi connectivity index (χ2v) is 11.1. The lowest BCUT2D eigenvalue weighted by molar-refractivity contribution is 0.332. The van der Waals surface area contributed by atoms with E-state index in [1.54, 1.807) is 19.2 Å². The third-order valence-corrected chi connectivity index (χ3v) is 7.79. The number of fused-ring (bicyclic) bond motifs is 1. The topological polar surface area (TPSA) is 62.3 Å². The number of aromatic hydroxyl groups is 1. The van der Waals surface area contributed by atoms with Crippen LogP contribution in [-0.2, 0) is 17.3 Å². The fourth-order valence-corrected chi connectivity index (χ4v) is 5.54. The van der Waals surface area contributed by atoms with Crippen LogP contribution < -0.4 is 9.61 Å². The maximum Gasteiger partial charge on any atom is 0.307 e. The number of nitrogens with one attached hydrogen (secondary N) is 1. The van der Waals surface area contributed by atoms with Gasteiger partial charge < -0.3 is 9.84 Å². The van der Waals surface area contributed by atoms with E-state index in [1.165, 1.54) is 11.1 Å². The molecule has 1 aromatic heterocycles. The lowest BCUT2D eigenvalue weighted by Gasteiger charge is -2.42. The van der Waals surface area contributed by atoms with Crippen molar-refractivity contribution in [3.8, 4) is 22.8 Å². The third-order valence-electron chi connectivity index (χ3n) is 6.92. The van der Waals surface area contributed by atoms with E-state index in [1.807, 2.05) is 6.92 Å². The van der Waals surface area contributed by atoms with E-state index in [4.69, 9.17) is 4.74 Å². The van der Waals surface area contributed by atoms with E-state index in [0.29, 0.717) is 21.8 Å². The Kier molecular flexibility index (Phi) is 5.48. The summed E-state index contributed by atoms with van der Waals surface area (Å²) in [7, 11) is 1.54. The molecule has 1 aliphatic rings. The molecule has 0 radical (unpaired) electrons. The molecule has 0 spiro atoms. The van der Waals surface area contributed by atoms with Crippen LogP contribution in [0.2, 0.25) is 0 Å². The molecule has 0 aliphatic heterocycles. The SMILES string of the molecule is COc1ccc(Cc2sc(=O)[nH]c2O)c(F)c1-c1cc2c(cc1C)C(C)(C)CCC2(C)C. The second-order valence-electron chi connectivity index (χ2n) is 10.1. The van der Waals surface area contributed by atoms with Gasteiger partial charge in [-0.2, -0.15) is 0 Å². The number of methoxy groups -OCH3 is 1. The van der Waals surface area contributed by atoms with Crippen LogP contribution in [0.25, 0.3) is 11.1 Å². The van der Waals surface area contributed by atoms with Gasteiger partial charge in [0.15, 0.2) is 0 Å². The molecule has 0 saturated heterocycles. The molecule has 32 heavy (non-hydrogen) atoms. The summed E-state index contributed by atoms with van der Waals surface area (Å²) < 4.78 is 21.5. The molecule has 0 amide bonds. The number of hydrogen-bond acceptors (Lipinski definition) is 4. The predicted octanol–water partition coefficient (Wildman–Crippen LogP) is 6.20. The summed E-state index contributed by atoms with van der Waals surface area (Å²) in [6.45, 7) is 11.1. The number of aromatic amines is 1. The fraction of sp³-hybridized carbons (Fsp3) is 0.423. The lowest BCUT2D eigenvalue weighted by Crippen LogP contribution is -2.34. The first kappa shape index (κ1) is 22.6. The zero-order chi connectivity index (χ0) is 23.4. The Morgan fingerprint density at radius 2 is 1.75 bits per heavy atom. The van der Waals surface area contributed by atoms with Gasteiger partial charge in [-0.1, -0.05) is 51.2 Å². The highest BCUT2D eigenvalue weighted by molar-refractivity contribution is 7.09. The fourth-order valence-electron chi connectivity index (χ4n) is 4.80. The van der Waals surface area contributed by atoms with Crippen molar-refractivity contribution in [1.29, 1.82) is 0 Å². The molecule has 0 unspecified atom stereocenters. The highest BCUT2D eigenvalue weighted by Crippen LogP contribution is 2.49. The van der Waals surface area contributed by atoms with E-state index in [9.17, 15) is 9.90 Å². The molecule has 170 valence electrons. The molecule has 3 aromatic rings. The number of H-pyrrole nitrogens is 1. The Balaban J connectivity index is 1.91. The molecule has 6 heteroatoms. The highest BCUT2D eigenvalue weighted by Gasteiger charge is 2.38. The molecule has 0 bridgehead atoms. The van der Waals surface area contributed by atoms with Crippen molar-refractivity contribution in [2.24, 2.45) is 0 Å². The standard InChI is InChI=1S/C26H30FNO3S/c1-14-11-17-18(26(4,5)10-9-25(17,2)3)13-16(14)21-19(31-6)8-7-15(22(21)27)12-20-23(29)28-24(30)32-20/h7-8,11,13,29H,9-10,12H2,1-6H3,(H,28,30). The predicted molar refractivity (Wildman–Crippen MR) is 128 cm³/mol. The molecule has 4 nitrogen and oxygen atoms in total. The zero-order valence-electron chi connectivity index (χ0n) is 19.5. The molecule has 1 aliphatic carbocycles. The third kappa shape index (κ3) is 3.75. The van der Waals surface area contributed by atoms with Gasteiger partial charge in [0.2, 0.25) is 5.88 Å². The summed E-state index contributed by atoms with van der Waals surface area (Å²) in [6.07, 6.45) is 2.31. The quantitative estimate of drug-likeness (QED) is 0.492. The Hall–Kier alpha value is -2.60. The number of aromatic nitrogens is 1. The number of thiazole rings is 1. The summed E-state index contributed by atoms with van der Waals surface area (Å²) in [5, 5.41) is 9.96. The van der Waals surface area contributed by atoms with Gasteiger partial charge in [0.05, 0.1) is 17.6 Å². The van der Waals surface area contributed by atoms with Crippen LogP contribution in [0, 0.1) is 12.7 Å². The van der Waals surface area contributed by atoms with Crippen LogP contribution in [0.3, 0.4) is 0 Å². The molecule has 2 aromatic carbocycles. The number of benzene rings is 2. The second kappa shape index (κ2) is 7.77. The van der Waals surface area contributed by atoms with Gasteiger partial charge in [-0.15, -0.1) is 0 Å². The monoisotopic (exact) mass is 455 g/mol. The van der Waals surface area contributed by atoms with Gasteiger partial charge in [-0.3, -0.25) is 9.78 Å². The Bertz CT molecular complexity index is 1250. The normalized spacial score (nSPS) is 16.6. The van der Waals surface area contributed by atoms with E-state index < -0.39 is 0 Å². The van der Waals surface area contributed by atoms with Crippen LogP contribution in [0.1, 0.15) is 67.7 Å². The Morgan fingerprint density at radius 3 is 2.31 bits per heavy atom. The summed E-state index contributed by atoms with van der Waals surface area (Å²) in [6, 6.07) is 7.76. The maximum absolute atomic E-state index is 15.9. The summed E-state index contributed by atoms with van der Waals surface area (Å²) in [5.74, 6) is -0.125. The van der Waals surface area contributed by atoms with Crippen LogP contribution in [0.5, 0.6) is 11.6 Å². The van der Waals surface area contributed by atoms with Crippen molar-refractivity contribution in [2.45, 2.75) is 64.7 Å². The van der Waals surface area contributed by atoms with Gasteiger partial charge in [0.25, 0.3) is 0 Å². The largest absolute Gasteiger partial charge is 0.496 e. The molecule has 0 fully saturated rings. The van der Waals surface area contributed by atoms with Crippen LogP contribution in [0.15, 0.2) is 29.1 Å². The average Bonchev–Trinajstić information content (AvgIpc) is 3.04. The van der Waals surface area contributed by atoms with Crippen molar-refractivity contribution in [3.05, 3.63) is 66.9 Å². The molecule has 4 rings (SSSR count). The van der Waals surface area contributed by atoms with Gasteiger partial charge in [0, 0.05) is 6.42 Å². The van der Waals surface area contributed by atoms with Gasteiger partial charge in [-0.05, 0) is 70.5 Å². The molecular weight excluding hydrogens is 425 g/mol. The molecular formula is C26H30FNO3S. The zero-order valence-corrected chi connectivity index (χ0v) is 20.3. The van der Waals surface area contributed by atoms with E-state index in [-0.39, 0.29) is 33.8 Å².